The zero-order valence-electron chi connectivity index (χ0n) is 26.7. The predicted molar refractivity (Wildman–Crippen MR) is 176 cm³/mol. The van der Waals surface area contributed by atoms with Crippen LogP contribution < -0.4 is 0 Å². The summed E-state index contributed by atoms with van der Waals surface area (Å²) in [6, 6.07) is 21.1. The van der Waals surface area contributed by atoms with Crippen LogP contribution in [0.15, 0.2) is 73.3 Å². The zero-order chi connectivity index (χ0) is 29.7. The van der Waals surface area contributed by atoms with Crippen LogP contribution >= 0.6 is 0 Å². The van der Waals surface area contributed by atoms with Gasteiger partial charge in [0.15, 0.2) is 16.6 Å². The third-order valence-corrected chi connectivity index (χ3v) is 17.4. The minimum absolute atomic E-state index is 0.168. The van der Waals surface area contributed by atoms with Gasteiger partial charge in [-0.3, -0.25) is 0 Å². The van der Waals surface area contributed by atoms with Crippen molar-refractivity contribution in [2.45, 2.75) is 122 Å². The topological polar surface area (TPSA) is 38.7 Å². The molecule has 0 unspecified atom stereocenters. The van der Waals surface area contributed by atoms with E-state index in [0.717, 1.165) is 32.1 Å². The lowest BCUT2D eigenvalue weighted by Gasteiger charge is -2.39. The van der Waals surface area contributed by atoms with Gasteiger partial charge in [-0.2, -0.15) is 0 Å². The molecule has 0 aliphatic rings. The van der Waals surface area contributed by atoms with Crippen molar-refractivity contribution in [1.29, 1.82) is 0 Å². The first-order valence-electron chi connectivity index (χ1n) is 14.7. The van der Waals surface area contributed by atoms with Crippen molar-refractivity contribution in [2.75, 3.05) is 6.61 Å². The van der Waals surface area contributed by atoms with Crippen LogP contribution in [0.1, 0.15) is 71.9 Å². The van der Waals surface area contributed by atoms with Gasteiger partial charge >= 0.3 is 0 Å². The fourth-order valence-electron chi connectivity index (χ4n) is 3.71. The van der Waals surface area contributed by atoms with Gasteiger partial charge in [0.05, 0.1) is 6.10 Å². The first-order chi connectivity index (χ1) is 18.0. The maximum absolute atomic E-state index is 9.27. The Morgan fingerprint density at radius 1 is 0.692 bits per heavy atom. The summed E-state index contributed by atoms with van der Waals surface area (Å²) in [6.07, 6.45) is 7.09. The molecule has 0 aliphatic heterocycles. The molecule has 2 aromatic carbocycles. The Balaban J connectivity index is 0.000000391. The number of benzene rings is 2. The Morgan fingerprint density at radius 2 is 1.10 bits per heavy atom. The highest BCUT2D eigenvalue weighted by molar-refractivity contribution is 6.74. The third kappa shape index (κ3) is 13.1. The molecule has 0 amide bonds. The lowest BCUT2D eigenvalue weighted by molar-refractivity contribution is 0.132. The van der Waals surface area contributed by atoms with Gasteiger partial charge in [-0.05, 0) is 79.5 Å². The van der Waals surface area contributed by atoms with Gasteiger partial charge in [0.1, 0.15) is 0 Å². The average molecular weight is 571 g/mol. The molecule has 0 saturated carbocycles. The standard InChI is InChI=1S/C17H30O2Si.C17H28OSi/c1-17(2,3)20(4,5)19-16(13-14-18)12-11-15-9-7-6-8-10-15;1-7-16(18-19(5,6)17(2,3)4)14-13-15-11-9-8-10-12-15/h6-10,16,18H,11-14H2,1-5H3;7-12,16H,1,13-14H2,2-6H3/t2*16-/m01/s1. The molecule has 2 aromatic rings. The summed E-state index contributed by atoms with van der Waals surface area (Å²) in [5.74, 6) is 0. The molecule has 39 heavy (non-hydrogen) atoms. The van der Waals surface area contributed by atoms with Gasteiger partial charge in [-0.25, -0.2) is 0 Å². The maximum atomic E-state index is 9.27. The molecule has 2 rings (SSSR count). The molecule has 1 N–H and O–H groups in total. The van der Waals surface area contributed by atoms with Gasteiger partial charge in [0.2, 0.25) is 0 Å². The molecule has 0 aromatic heterocycles. The smallest absolute Gasteiger partial charge is 0.192 e. The fourth-order valence-corrected chi connectivity index (χ4v) is 6.45. The van der Waals surface area contributed by atoms with E-state index < -0.39 is 16.6 Å². The van der Waals surface area contributed by atoms with Gasteiger partial charge in [-0.15, -0.1) is 6.58 Å². The molecule has 0 saturated heterocycles. The van der Waals surface area contributed by atoms with Crippen molar-refractivity contribution in [1.82, 2.24) is 0 Å². The van der Waals surface area contributed by atoms with Crippen molar-refractivity contribution in [3.05, 3.63) is 84.4 Å². The van der Waals surface area contributed by atoms with Crippen LogP contribution in [-0.4, -0.2) is 40.6 Å². The zero-order valence-corrected chi connectivity index (χ0v) is 28.7. The van der Waals surface area contributed by atoms with Crippen LogP contribution in [0.2, 0.25) is 36.3 Å². The molecule has 0 fully saturated rings. The van der Waals surface area contributed by atoms with Crippen LogP contribution in [-0.2, 0) is 21.7 Å². The van der Waals surface area contributed by atoms with Crippen molar-refractivity contribution in [3.63, 3.8) is 0 Å². The highest BCUT2D eigenvalue weighted by Gasteiger charge is 2.39. The second-order valence-corrected chi connectivity index (χ2v) is 23.2. The molecular formula is C34H58O3Si2. The first kappa shape index (κ1) is 35.5. The summed E-state index contributed by atoms with van der Waals surface area (Å²) in [7, 11) is -3.45. The van der Waals surface area contributed by atoms with Gasteiger partial charge in [0, 0.05) is 12.7 Å². The Hall–Kier alpha value is -1.51. The Morgan fingerprint density at radius 3 is 1.49 bits per heavy atom. The Bertz CT molecular complexity index is 928. The van der Waals surface area contributed by atoms with Crippen LogP contribution in [0.4, 0.5) is 0 Å². The second kappa shape index (κ2) is 16.1. The second-order valence-electron chi connectivity index (χ2n) is 13.7. The quantitative estimate of drug-likeness (QED) is 0.192. The van der Waals surface area contributed by atoms with E-state index in [-0.39, 0.29) is 28.9 Å². The van der Waals surface area contributed by atoms with Crippen LogP contribution in [0.5, 0.6) is 0 Å². The van der Waals surface area contributed by atoms with Crippen LogP contribution in [0.25, 0.3) is 0 Å². The normalized spacial score (nSPS) is 14.2. The summed E-state index contributed by atoms with van der Waals surface area (Å²) in [6.45, 7) is 26.9. The van der Waals surface area contributed by atoms with E-state index in [0.29, 0.717) is 0 Å². The Kier molecular flexibility index (Phi) is 14.6. The summed E-state index contributed by atoms with van der Waals surface area (Å²) in [4.78, 5) is 0. The van der Waals surface area contributed by atoms with E-state index in [2.05, 4.69) is 129 Å². The molecule has 5 heteroatoms. The summed E-state index contributed by atoms with van der Waals surface area (Å²) in [5.41, 5.74) is 2.71. The summed E-state index contributed by atoms with van der Waals surface area (Å²) >= 11 is 0. The molecule has 0 heterocycles. The number of rotatable bonds is 13. The van der Waals surface area contributed by atoms with Crippen molar-refractivity contribution < 1.29 is 14.0 Å². The summed E-state index contributed by atoms with van der Waals surface area (Å²) in [5, 5.41) is 9.74. The minimum Gasteiger partial charge on any atom is -0.414 e. The van der Waals surface area contributed by atoms with Crippen LogP contribution in [0, 0.1) is 0 Å². The monoisotopic (exact) mass is 570 g/mol. The minimum atomic E-state index is -1.75. The molecule has 0 bridgehead atoms. The number of aliphatic hydroxyl groups is 1. The molecule has 0 radical (unpaired) electrons. The maximum Gasteiger partial charge on any atom is 0.192 e. The van der Waals surface area contributed by atoms with E-state index in [4.69, 9.17) is 8.85 Å². The molecular weight excluding hydrogens is 513 g/mol. The van der Waals surface area contributed by atoms with Gasteiger partial charge in [0.25, 0.3) is 0 Å². The molecule has 0 spiro atoms. The average Bonchev–Trinajstić information content (AvgIpc) is 2.85. The number of hydrogen-bond acceptors (Lipinski definition) is 3. The van der Waals surface area contributed by atoms with E-state index in [1.165, 1.54) is 11.1 Å². The number of hydrogen-bond donors (Lipinski definition) is 1. The number of aryl methyl sites for hydroxylation is 2. The lowest BCUT2D eigenvalue weighted by atomic mass is 10.1. The van der Waals surface area contributed by atoms with Crippen molar-refractivity contribution in [3.8, 4) is 0 Å². The molecule has 2 atom stereocenters. The third-order valence-electron chi connectivity index (χ3n) is 8.39. The van der Waals surface area contributed by atoms with Gasteiger partial charge < -0.3 is 14.0 Å². The van der Waals surface area contributed by atoms with Crippen LogP contribution in [0.3, 0.4) is 0 Å². The van der Waals surface area contributed by atoms with E-state index in [9.17, 15) is 5.11 Å². The first-order valence-corrected chi connectivity index (χ1v) is 20.5. The Labute approximate surface area is 243 Å². The highest BCUT2D eigenvalue weighted by Crippen LogP contribution is 2.39. The molecule has 0 aliphatic carbocycles. The predicted octanol–water partition coefficient (Wildman–Crippen LogP) is 9.59. The lowest BCUT2D eigenvalue weighted by Crippen LogP contribution is -2.44. The molecule has 220 valence electrons. The van der Waals surface area contributed by atoms with E-state index in [1.807, 2.05) is 12.1 Å². The highest BCUT2D eigenvalue weighted by atomic mass is 28.4. The summed E-state index contributed by atoms with van der Waals surface area (Å²) < 4.78 is 12.8. The SMILES string of the molecule is C=C[C@H](CCc1ccccc1)O[Si](C)(C)C(C)(C)C.CC(C)(C)[Si](C)(C)O[C@H](CCO)CCc1ccccc1. The van der Waals surface area contributed by atoms with Crippen molar-refractivity contribution >= 4 is 16.6 Å². The number of aliphatic hydroxyl groups excluding tert-OH is 1. The van der Waals surface area contributed by atoms with Crippen molar-refractivity contribution in [2.24, 2.45) is 0 Å². The van der Waals surface area contributed by atoms with E-state index >= 15 is 0 Å². The largest absolute Gasteiger partial charge is 0.414 e. The fraction of sp³-hybridized carbons (Fsp3) is 0.588. The molecule has 3 nitrogen and oxygen atoms in total. The van der Waals surface area contributed by atoms with E-state index in [1.54, 1.807) is 0 Å². The van der Waals surface area contributed by atoms with Gasteiger partial charge in [-0.1, -0.05) is 108 Å².